The molecule has 1 aliphatic rings. The number of amides is 1. The number of carbonyl (C=O) groups excluding carboxylic acids is 1. The Hall–Kier alpha value is -3.65. The predicted octanol–water partition coefficient (Wildman–Crippen LogP) is 6.91. The van der Waals surface area contributed by atoms with Crippen molar-refractivity contribution in [1.29, 1.82) is 0 Å². The van der Waals surface area contributed by atoms with Crippen LogP contribution in [0.1, 0.15) is 32.3 Å². The molecule has 1 fully saturated rings. The summed E-state index contributed by atoms with van der Waals surface area (Å²) < 4.78 is 21.1. The van der Waals surface area contributed by atoms with E-state index in [9.17, 15) is 4.79 Å². The first kappa shape index (κ1) is 37.2. The first-order valence-corrected chi connectivity index (χ1v) is 16.3. The number of rotatable bonds is 12. The zero-order chi connectivity index (χ0) is 34.7. The number of benzene rings is 2. The molecule has 0 aliphatic carbocycles. The highest BCUT2D eigenvalue weighted by Crippen LogP contribution is 2.41. The number of aromatic nitrogens is 5. The number of oxime groups is 1. The molecule has 1 N–H and O–H groups in total. The smallest absolute Gasteiger partial charge is 0.273 e. The molecule has 0 spiro atoms. The van der Waals surface area contributed by atoms with E-state index in [0.717, 1.165) is 18.4 Å². The second kappa shape index (κ2) is 17.7. The largest absolute Gasteiger partial charge is 0.472 e. The van der Waals surface area contributed by atoms with Crippen molar-refractivity contribution in [1.82, 2.24) is 29.9 Å². The number of nitrogens with one attached hydrogen (secondary N) is 1. The summed E-state index contributed by atoms with van der Waals surface area (Å²) in [6.45, 7) is 4.98. The first-order chi connectivity index (χ1) is 23.1. The van der Waals surface area contributed by atoms with Gasteiger partial charge in [-0.15, -0.1) is 5.10 Å². The molecule has 2 aromatic carbocycles. The van der Waals surface area contributed by atoms with E-state index in [2.05, 4.69) is 32.6 Å². The van der Waals surface area contributed by atoms with Gasteiger partial charge in [0.15, 0.2) is 5.71 Å². The van der Waals surface area contributed by atoms with Crippen molar-refractivity contribution < 1.29 is 23.8 Å². The lowest BCUT2D eigenvalue weighted by atomic mass is 10.1. The molecule has 5 rings (SSSR count). The van der Waals surface area contributed by atoms with E-state index in [-0.39, 0.29) is 24.3 Å². The van der Waals surface area contributed by atoms with Gasteiger partial charge < -0.3 is 24.4 Å². The van der Waals surface area contributed by atoms with Gasteiger partial charge in [0.2, 0.25) is 11.7 Å². The lowest BCUT2D eigenvalue weighted by Gasteiger charge is -2.29. The van der Waals surface area contributed by atoms with Crippen molar-refractivity contribution >= 4 is 58.0 Å². The van der Waals surface area contributed by atoms with Gasteiger partial charge in [-0.2, -0.15) is 5.10 Å². The lowest BCUT2D eigenvalue weighted by molar-refractivity contribution is -0.189. The molecule has 16 heteroatoms. The maximum absolute atomic E-state index is 11.8. The van der Waals surface area contributed by atoms with E-state index in [1.165, 1.54) is 20.5 Å². The molecule has 2 atom stereocenters. The van der Waals surface area contributed by atoms with Crippen molar-refractivity contribution in [3.63, 3.8) is 0 Å². The van der Waals surface area contributed by atoms with E-state index >= 15 is 0 Å². The molecule has 48 heavy (non-hydrogen) atoms. The maximum Gasteiger partial charge on any atom is 0.273 e. The van der Waals surface area contributed by atoms with E-state index in [0.29, 0.717) is 50.4 Å². The Morgan fingerprint density at radius 1 is 1.15 bits per heavy atom. The first-order valence-electron chi connectivity index (χ1n) is 14.8. The van der Waals surface area contributed by atoms with Gasteiger partial charge in [-0.3, -0.25) is 4.79 Å². The highest BCUT2D eigenvalue weighted by atomic mass is 35.5. The Labute approximate surface area is 298 Å². The van der Waals surface area contributed by atoms with Crippen LogP contribution in [0.4, 0.5) is 0 Å². The van der Waals surface area contributed by atoms with Gasteiger partial charge in [-0.25, -0.2) is 14.3 Å². The van der Waals surface area contributed by atoms with Gasteiger partial charge in [0.1, 0.15) is 32.9 Å². The van der Waals surface area contributed by atoms with Crippen LogP contribution in [0.5, 0.6) is 5.88 Å². The van der Waals surface area contributed by atoms with Gasteiger partial charge in [-0.1, -0.05) is 71.0 Å². The second-order valence-corrected chi connectivity index (χ2v) is 12.1. The summed E-state index contributed by atoms with van der Waals surface area (Å²) in [4.78, 5) is 20.4. The number of halogens is 4. The minimum atomic E-state index is -0.963. The van der Waals surface area contributed by atoms with Gasteiger partial charge >= 0.3 is 0 Å². The monoisotopic (exact) mass is 737 g/mol. The zero-order valence-electron chi connectivity index (χ0n) is 26.7. The predicted molar refractivity (Wildman–Crippen MR) is 185 cm³/mol. The molecule has 2 unspecified atom stereocenters. The Morgan fingerprint density at radius 2 is 1.90 bits per heavy atom. The molecule has 0 radical (unpaired) electrons. The van der Waals surface area contributed by atoms with Crippen LogP contribution in [0.15, 0.2) is 78.1 Å². The van der Waals surface area contributed by atoms with E-state index in [1.807, 2.05) is 6.07 Å². The molecule has 1 amide bonds. The zero-order valence-corrected chi connectivity index (χ0v) is 29.7. The molecule has 1 aliphatic heterocycles. The number of carbonyl (C=O) groups is 1. The number of hydrogen-bond donors (Lipinski definition) is 1. The average Bonchev–Trinajstić information content (AvgIpc) is 3.83. The molecule has 0 saturated carbocycles. The van der Waals surface area contributed by atoms with E-state index in [4.69, 9.17) is 65.5 Å². The standard InChI is InChI=1S/C17H18Cl2N4O3.C15H17Cl2N3O2/c1-11(16(22-25-3)17(24)20-2)7-9-26-15-6-8-23(21-15)14-5-4-12(18)10-13(14)19;1-2-3-12-7-21-15(22-12,8-20-10-18-9-19-20)13-5-4-11(16)6-14(13)17/h4-8,10H,9H2,1-3H3,(H,20,24);4-6,9-10,12H,2-3,7-8H2,1H3/b11-7+,22-16+;. The Kier molecular flexibility index (Phi) is 13.7. The molecule has 1 saturated heterocycles. The fourth-order valence-electron chi connectivity index (χ4n) is 4.70. The Balaban J connectivity index is 0.000000219. The molecule has 2 aromatic heterocycles. The van der Waals surface area contributed by atoms with Crippen molar-refractivity contribution in [2.45, 2.75) is 45.1 Å². The summed E-state index contributed by atoms with van der Waals surface area (Å²) in [6, 6.07) is 12.2. The van der Waals surface area contributed by atoms with Crippen LogP contribution in [0.3, 0.4) is 0 Å². The molecular weight excluding hydrogens is 704 g/mol. The van der Waals surface area contributed by atoms with Crippen LogP contribution in [-0.2, 0) is 31.4 Å². The minimum absolute atomic E-state index is 0.0419. The van der Waals surface area contributed by atoms with Crippen molar-refractivity contribution in [3.05, 3.63) is 98.6 Å². The maximum atomic E-state index is 11.8. The summed E-state index contributed by atoms with van der Waals surface area (Å²) in [5, 5.41) is 16.8. The number of nitrogens with zero attached hydrogens (tertiary/aromatic N) is 6. The summed E-state index contributed by atoms with van der Waals surface area (Å²) in [5.74, 6) is -0.901. The Morgan fingerprint density at radius 3 is 2.54 bits per heavy atom. The molecular formula is C32H35Cl4N7O5. The van der Waals surface area contributed by atoms with Gasteiger partial charge in [0, 0.05) is 34.9 Å². The summed E-state index contributed by atoms with van der Waals surface area (Å²) in [6.07, 6.45) is 8.55. The van der Waals surface area contributed by atoms with Gasteiger partial charge in [0.25, 0.3) is 5.91 Å². The molecule has 0 bridgehead atoms. The molecule has 256 valence electrons. The van der Waals surface area contributed by atoms with Crippen molar-refractivity contribution in [3.8, 4) is 11.6 Å². The second-order valence-electron chi connectivity index (χ2n) is 10.4. The summed E-state index contributed by atoms with van der Waals surface area (Å²) >= 11 is 24.4. The number of hydrogen-bond acceptors (Lipinski definition) is 9. The van der Waals surface area contributed by atoms with Crippen LogP contribution in [-0.4, -0.2) is 69.6 Å². The van der Waals surface area contributed by atoms with Crippen LogP contribution in [0, 0.1) is 0 Å². The normalized spacial score (nSPS) is 17.9. The third kappa shape index (κ3) is 9.71. The van der Waals surface area contributed by atoms with Crippen LogP contribution < -0.4 is 10.1 Å². The minimum Gasteiger partial charge on any atom is -0.472 e. The SMILES string of the molecule is CCCC1COC(Cn2cncn2)(c2ccc(Cl)cc2Cl)O1.CNC(=O)C(=N/OC)/C(C)=C/COc1ccn(-c2ccc(Cl)cc2Cl)n1. The van der Waals surface area contributed by atoms with Crippen LogP contribution in [0.25, 0.3) is 5.69 Å². The van der Waals surface area contributed by atoms with Crippen molar-refractivity contribution in [2.75, 3.05) is 27.4 Å². The molecule has 12 nitrogen and oxygen atoms in total. The summed E-state index contributed by atoms with van der Waals surface area (Å²) in [5.41, 5.74) is 2.24. The third-order valence-electron chi connectivity index (χ3n) is 6.99. The lowest BCUT2D eigenvalue weighted by Crippen LogP contribution is -2.34. The van der Waals surface area contributed by atoms with E-state index in [1.54, 1.807) is 71.3 Å². The summed E-state index contributed by atoms with van der Waals surface area (Å²) in [7, 11) is 2.90. The van der Waals surface area contributed by atoms with E-state index < -0.39 is 5.79 Å². The van der Waals surface area contributed by atoms with Crippen LogP contribution in [0.2, 0.25) is 20.1 Å². The van der Waals surface area contributed by atoms with Gasteiger partial charge in [-0.05, 0) is 55.3 Å². The topological polar surface area (TPSA) is 127 Å². The molecule has 3 heterocycles. The molecule has 4 aromatic rings. The quantitative estimate of drug-likeness (QED) is 0.123. The Bertz CT molecular complexity index is 1730. The fraction of sp³-hybridized carbons (Fsp3) is 0.344. The highest BCUT2D eigenvalue weighted by Gasteiger charge is 2.45. The van der Waals surface area contributed by atoms with Crippen LogP contribution >= 0.6 is 46.4 Å². The third-order valence-corrected chi connectivity index (χ3v) is 8.07. The number of ether oxygens (including phenoxy) is 3. The average molecular weight is 739 g/mol. The highest BCUT2D eigenvalue weighted by molar-refractivity contribution is 6.45. The van der Waals surface area contributed by atoms with Gasteiger partial charge in [0.05, 0.1) is 28.4 Å². The fourth-order valence-corrected chi connectivity index (χ4v) is 5.75. The van der Waals surface area contributed by atoms with Crippen molar-refractivity contribution in [2.24, 2.45) is 5.16 Å².